The molecule has 4 nitrogen and oxygen atoms in total. The van der Waals surface area contributed by atoms with Crippen molar-refractivity contribution < 1.29 is 9.59 Å². The topological polar surface area (TPSA) is 49.4 Å². The summed E-state index contributed by atoms with van der Waals surface area (Å²) in [5, 5.41) is 3.53. The van der Waals surface area contributed by atoms with Crippen molar-refractivity contribution in [3.05, 3.63) is 28.8 Å². The molecule has 1 aliphatic carbocycles. The number of carbonyl (C=O) groups excluding carboxylic acids is 2. The SMILES string of the molecule is Cc1ccc(Cl)cc1NC(=O)[C@H]1CC(=O)N(C2CCCCC2)C1. The third kappa shape index (κ3) is 3.69. The molecule has 0 bridgehead atoms. The normalized spacial score (nSPS) is 22.4. The zero-order chi connectivity index (χ0) is 16.4. The lowest BCUT2D eigenvalue weighted by molar-refractivity contribution is -0.130. The molecule has 1 aromatic carbocycles. The van der Waals surface area contributed by atoms with Gasteiger partial charge in [-0.05, 0) is 37.5 Å². The lowest BCUT2D eigenvalue weighted by Crippen LogP contribution is -2.38. The number of benzene rings is 1. The van der Waals surface area contributed by atoms with Crippen LogP contribution in [0.2, 0.25) is 5.02 Å². The zero-order valence-corrected chi connectivity index (χ0v) is 14.2. The molecule has 1 aliphatic heterocycles. The van der Waals surface area contributed by atoms with Crippen molar-refractivity contribution in [3.8, 4) is 0 Å². The minimum Gasteiger partial charge on any atom is -0.339 e. The van der Waals surface area contributed by atoms with Gasteiger partial charge in [0.1, 0.15) is 0 Å². The van der Waals surface area contributed by atoms with Gasteiger partial charge in [-0.2, -0.15) is 0 Å². The minimum absolute atomic E-state index is 0.0815. The fourth-order valence-electron chi connectivity index (χ4n) is 3.62. The summed E-state index contributed by atoms with van der Waals surface area (Å²) in [6, 6.07) is 5.77. The van der Waals surface area contributed by atoms with Crippen LogP contribution >= 0.6 is 11.6 Å². The molecule has 0 radical (unpaired) electrons. The smallest absolute Gasteiger partial charge is 0.229 e. The highest BCUT2D eigenvalue weighted by Crippen LogP contribution is 2.29. The summed E-state index contributed by atoms with van der Waals surface area (Å²) in [5.41, 5.74) is 1.70. The largest absolute Gasteiger partial charge is 0.339 e. The Kier molecular flexibility index (Phi) is 4.90. The van der Waals surface area contributed by atoms with Gasteiger partial charge in [0.25, 0.3) is 0 Å². The van der Waals surface area contributed by atoms with E-state index >= 15 is 0 Å². The maximum atomic E-state index is 12.5. The van der Waals surface area contributed by atoms with Crippen LogP contribution in [0.25, 0.3) is 0 Å². The van der Waals surface area contributed by atoms with Crippen LogP contribution in [-0.4, -0.2) is 29.3 Å². The second-order valence-corrected chi connectivity index (χ2v) is 7.12. The molecule has 3 rings (SSSR count). The molecular weight excluding hydrogens is 312 g/mol. The predicted molar refractivity (Wildman–Crippen MR) is 91.5 cm³/mol. The van der Waals surface area contributed by atoms with Crippen LogP contribution in [0, 0.1) is 12.8 Å². The van der Waals surface area contributed by atoms with Crippen molar-refractivity contribution in [1.29, 1.82) is 0 Å². The Labute approximate surface area is 142 Å². The van der Waals surface area contributed by atoms with Gasteiger partial charge in [-0.15, -0.1) is 0 Å². The van der Waals surface area contributed by atoms with Crippen LogP contribution in [-0.2, 0) is 9.59 Å². The third-order valence-corrected chi connectivity index (χ3v) is 5.24. The molecule has 2 aliphatic rings. The average molecular weight is 335 g/mol. The molecule has 0 spiro atoms. The van der Waals surface area contributed by atoms with Crippen LogP contribution in [0.1, 0.15) is 44.1 Å². The van der Waals surface area contributed by atoms with Gasteiger partial charge in [-0.1, -0.05) is 36.9 Å². The van der Waals surface area contributed by atoms with Gasteiger partial charge < -0.3 is 10.2 Å². The summed E-state index contributed by atoms with van der Waals surface area (Å²) in [7, 11) is 0. The number of hydrogen-bond acceptors (Lipinski definition) is 2. The summed E-state index contributed by atoms with van der Waals surface area (Å²) < 4.78 is 0. The molecule has 1 saturated carbocycles. The van der Waals surface area contributed by atoms with E-state index in [4.69, 9.17) is 11.6 Å². The van der Waals surface area contributed by atoms with Gasteiger partial charge in [0.2, 0.25) is 11.8 Å². The first kappa shape index (κ1) is 16.3. The van der Waals surface area contributed by atoms with Crippen molar-refractivity contribution in [2.75, 3.05) is 11.9 Å². The summed E-state index contributed by atoms with van der Waals surface area (Å²) >= 11 is 5.99. The molecule has 0 aromatic heterocycles. The van der Waals surface area contributed by atoms with Gasteiger partial charge in [0.05, 0.1) is 5.92 Å². The quantitative estimate of drug-likeness (QED) is 0.914. The molecule has 1 N–H and O–H groups in total. The number of rotatable bonds is 3. The van der Waals surface area contributed by atoms with Gasteiger partial charge in [0, 0.05) is 29.7 Å². The first-order valence-corrected chi connectivity index (χ1v) is 8.79. The molecule has 2 fully saturated rings. The average Bonchev–Trinajstić information content (AvgIpc) is 2.94. The highest BCUT2D eigenvalue weighted by atomic mass is 35.5. The molecule has 1 aromatic rings. The minimum atomic E-state index is -0.261. The third-order valence-electron chi connectivity index (χ3n) is 5.00. The Morgan fingerprint density at radius 1 is 1.26 bits per heavy atom. The van der Waals surface area contributed by atoms with Crippen LogP contribution < -0.4 is 5.32 Å². The van der Waals surface area contributed by atoms with Crippen LogP contribution in [0.3, 0.4) is 0 Å². The fourth-order valence-corrected chi connectivity index (χ4v) is 3.79. The number of aryl methyl sites for hydroxylation is 1. The Hall–Kier alpha value is -1.55. The van der Waals surface area contributed by atoms with Crippen molar-refractivity contribution in [2.24, 2.45) is 5.92 Å². The summed E-state index contributed by atoms with van der Waals surface area (Å²) in [6.07, 6.45) is 6.11. The zero-order valence-electron chi connectivity index (χ0n) is 13.5. The molecule has 2 amide bonds. The number of nitrogens with one attached hydrogen (secondary N) is 1. The summed E-state index contributed by atoms with van der Waals surface area (Å²) in [6.45, 7) is 2.48. The number of anilines is 1. The highest BCUT2D eigenvalue weighted by Gasteiger charge is 2.38. The monoisotopic (exact) mass is 334 g/mol. The van der Waals surface area contributed by atoms with Gasteiger partial charge in [-0.3, -0.25) is 9.59 Å². The first-order chi connectivity index (χ1) is 11.0. The summed E-state index contributed by atoms with van der Waals surface area (Å²) in [5.74, 6) is -0.218. The van der Waals surface area contributed by atoms with E-state index in [9.17, 15) is 9.59 Å². The van der Waals surface area contributed by atoms with Crippen molar-refractivity contribution in [3.63, 3.8) is 0 Å². The van der Waals surface area contributed by atoms with Crippen LogP contribution in [0.4, 0.5) is 5.69 Å². The Balaban J connectivity index is 1.64. The van der Waals surface area contributed by atoms with E-state index in [1.807, 2.05) is 17.9 Å². The van der Waals surface area contributed by atoms with Crippen molar-refractivity contribution >= 4 is 29.1 Å². The Bertz CT molecular complexity index is 611. The lowest BCUT2D eigenvalue weighted by atomic mass is 9.94. The molecule has 124 valence electrons. The molecule has 1 atom stereocenters. The van der Waals surface area contributed by atoms with E-state index < -0.39 is 0 Å². The van der Waals surface area contributed by atoms with Crippen molar-refractivity contribution in [1.82, 2.24) is 4.90 Å². The van der Waals surface area contributed by atoms with Crippen LogP contribution in [0.15, 0.2) is 18.2 Å². The maximum Gasteiger partial charge on any atom is 0.229 e. The Morgan fingerprint density at radius 3 is 2.74 bits per heavy atom. The van der Waals surface area contributed by atoms with Crippen LogP contribution in [0.5, 0.6) is 0 Å². The number of halogens is 1. The van der Waals surface area contributed by atoms with Gasteiger partial charge >= 0.3 is 0 Å². The number of likely N-dealkylation sites (tertiary alicyclic amines) is 1. The molecule has 0 unspecified atom stereocenters. The van der Waals surface area contributed by atoms with E-state index in [2.05, 4.69) is 5.32 Å². The van der Waals surface area contributed by atoms with E-state index in [0.717, 1.165) is 24.1 Å². The van der Waals surface area contributed by atoms with Gasteiger partial charge in [-0.25, -0.2) is 0 Å². The number of amides is 2. The molecular formula is C18H23ClN2O2. The molecule has 1 saturated heterocycles. The highest BCUT2D eigenvalue weighted by molar-refractivity contribution is 6.31. The molecule has 1 heterocycles. The fraction of sp³-hybridized carbons (Fsp3) is 0.556. The van der Waals surface area contributed by atoms with E-state index in [1.54, 1.807) is 12.1 Å². The second kappa shape index (κ2) is 6.91. The molecule has 23 heavy (non-hydrogen) atoms. The van der Waals surface area contributed by atoms with Crippen molar-refractivity contribution in [2.45, 2.75) is 51.5 Å². The summed E-state index contributed by atoms with van der Waals surface area (Å²) in [4.78, 5) is 26.7. The predicted octanol–water partition coefficient (Wildman–Crippen LogP) is 3.77. The van der Waals surface area contributed by atoms with E-state index in [-0.39, 0.29) is 17.7 Å². The van der Waals surface area contributed by atoms with E-state index in [1.165, 1.54) is 19.3 Å². The Morgan fingerprint density at radius 2 is 2.00 bits per heavy atom. The van der Waals surface area contributed by atoms with Gasteiger partial charge in [0.15, 0.2) is 0 Å². The molecule has 5 heteroatoms. The lowest BCUT2D eigenvalue weighted by Gasteiger charge is -2.31. The first-order valence-electron chi connectivity index (χ1n) is 8.41. The standard InChI is InChI=1S/C18H23ClN2O2/c1-12-7-8-14(19)10-16(12)20-18(23)13-9-17(22)21(11-13)15-5-3-2-4-6-15/h7-8,10,13,15H,2-6,9,11H2,1H3,(H,20,23)/t13-/m0/s1. The maximum absolute atomic E-state index is 12.5. The number of hydrogen-bond donors (Lipinski definition) is 1. The number of carbonyl (C=O) groups is 2. The number of nitrogens with zero attached hydrogens (tertiary/aromatic N) is 1. The van der Waals surface area contributed by atoms with E-state index in [0.29, 0.717) is 24.0 Å². The second-order valence-electron chi connectivity index (χ2n) is 6.69.